The zero-order valence-electron chi connectivity index (χ0n) is 15.4. The van der Waals surface area contributed by atoms with Gasteiger partial charge in [0.15, 0.2) is 0 Å². The first kappa shape index (κ1) is 18.9. The molecule has 1 N–H and O–H groups in total. The van der Waals surface area contributed by atoms with Crippen LogP contribution >= 0.6 is 0 Å². The van der Waals surface area contributed by atoms with Gasteiger partial charge in [-0.1, -0.05) is 0 Å². The Morgan fingerprint density at radius 3 is 2.61 bits per heavy atom. The second kappa shape index (κ2) is 7.16. The van der Waals surface area contributed by atoms with E-state index in [1.54, 1.807) is 0 Å². The van der Waals surface area contributed by atoms with Gasteiger partial charge in [0.1, 0.15) is 18.1 Å². The van der Waals surface area contributed by atoms with Gasteiger partial charge in [-0.3, -0.25) is 4.79 Å². The standard InChI is InChI=1S/C20H22F2N2O4/c21-4-7-24-11-14(19(26)27)18(25)13-9-15(22)17(10-16(13)24)23-5-1-20(2-6-23)3-8-28-12-20/h9-11H,1-8,12H2,(H,26,27). The number of fused-ring (bicyclic) bond motifs is 1. The molecule has 0 amide bonds. The average Bonchev–Trinajstić information content (AvgIpc) is 3.12. The van der Waals surface area contributed by atoms with Crippen LogP contribution < -0.4 is 10.3 Å². The van der Waals surface area contributed by atoms with Gasteiger partial charge in [-0.25, -0.2) is 13.6 Å². The third kappa shape index (κ3) is 3.15. The number of carboxylic acid groups (broad SMARTS) is 1. The van der Waals surface area contributed by atoms with Gasteiger partial charge in [0.25, 0.3) is 0 Å². The van der Waals surface area contributed by atoms with E-state index in [2.05, 4.69) is 0 Å². The SMILES string of the molecule is O=C(O)c1cn(CCF)c2cc(N3CCC4(CCOC4)CC3)c(F)cc2c1=O. The number of carboxylic acids is 1. The predicted molar refractivity (Wildman–Crippen MR) is 100 cm³/mol. The van der Waals surface area contributed by atoms with Crippen LogP contribution in [0.3, 0.4) is 0 Å². The van der Waals surface area contributed by atoms with Crippen molar-refractivity contribution in [3.63, 3.8) is 0 Å². The topological polar surface area (TPSA) is 71.8 Å². The second-order valence-electron chi connectivity index (χ2n) is 7.67. The highest BCUT2D eigenvalue weighted by atomic mass is 19.1. The molecular weight excluding hydrogens is 370 g/mol. The Kier molecular flexibility index (Phi) is 4.82. The van der Waals surface area contributed by atoms with Crippen molar-refractivity contribution in [2.24, 2.45) is 5.41 Å². The van der Waals surface area contributed by atoms with Gasteiger partial charge in [-0.05, 0) is 36.8 Å². The number of piperidine rings is 1. The van der Waals surface area contributed by atoms with Crippen molar-refractivity contribution in [3.05, 3.63) is 39.9 Å². The summed E-state index contributed by atoms with van der Waals surface area (Å²) in [4.78, 5) is 25.7. The minimum absolute atomic E-state index is 0.0488. The third-order valence-corrected chi connectivity index (χ3v) is 6.05. The number of pyridine rings is 1. The number of aromatic carboxylic acids is 1. The summed E-state index contributed by atoms with van der Waals surface area (Å²) in [6, 6.07) is 2.62. The number of anilines is 1. The molecular formula is C20H22F2N2O4. The minimum Gasteiger partial charge on any atom is -0.477 e. The number of hydrogen-bond donors (Lipinski definition) is 1. The maximum Gasteiger partial charge on any atom is 0.341 e. The summed E-state index contributed by atoms with van der Waals surface area (Å²) in [5.41, 5.74) is -0.376. The molecule has 2 aliphatic heterocycles. The van der Waals surface area contributed by atoms with E-state index in [4.69, 9.17) is 4.74 Å². The number of alkyl halides is 1. The molecule has 2 fully saturated rings. The van der Waals surface area contributed by atoms with Crippen molar-refractivity contribution in [2.45, 2.75) is 25.8 Å². The molecule has 6 nitrogen and oxygen atoms in total. The molecule has 0 radical (unpaired) electrons. The van der Waals surface area contributed by atoms with Gasteiger partial charge in [0.05, 0.1) is 24.4 Å². The fraction of sp³-hybridized carbons (Fsp3) is 0.500. The fourth-order valence-electron chi connectivity index (χ4n) is 4.34. The average molecular weight is 392 g/mol. The van der Waals surface area contributed by atoms with Crippen LogP contribution in [-0.2, 0) is 11.3 Å². The Labute approximate surface area is 160 Å². The van der Waals surface area contributed by atoms with Crippen LogP contribution in [0.2, 0.25) is 0 Å². The van der Waals surface area contributed by atoms with E-state index in [-0.39, 0.29) is 17.3 Å². The van der Waals surface area contributed by atoms with Gasteiger partial charge in [0, 0.05) is 31.3 Å². The fourth-order valence-corrected chi connectivity index (χ4v) is 4.34. The van der Waals surface area contributed by atoms with E-state index in [1.165, 1.54) is 10.6 Å². The number of halogens is 2. The van der Waals surface area contributed by atoms with Crippen molar-refractivity contribution < 1.29 is 23.4 Å². The lowest BCUT2D eigenvalue weighted by Crippen LogP contribution is -2.40. The molecule has 2 saturated heterocycles. The van der Waals surface area contributed by atoms with E-state index >= 15 is 0 Å². The first-order valence-corrected chi connectivity index (χ1v) is 9.43. The summed E-state index contributed by atoms with van der Waals surface area (Å²) in [5.74, 6) is -1.98. The van der Waals surface area contributed by atoms with Crippen molar-refractivity contribution in [1.82, 2.24) is 4.57 Å². The van der Waals surface area contributed by atoms with Gasteiger partial charge >= 0.3 is 5.97 Å². The Morgan fingerprint density at radius 2 is 2.00 bits per heavy atom. The van der Waals surface area contributed by atoms with Gasteiger partial charge < -0.3 is 19.3 Å². The summed E-state index contributed by atoms with van der Waals surface area (Å²) in [5, 5.41) is 9.18. The monoisotopic (exact) mass is 392 g/mol. The number of aromatic nitrogens is 1. The van der Waals surface area contributed by atoms with Crippen molar-refractivity contribution in [3.8, 4) is 0 Å². The molecule has 0 unspecified atom stereocenters. The Hall–Kier alpha value is -2.48. The van der Waals surface area contributed by atoms with Crippen LogP contribution in [0, 0.1) is 11.2 Å². The van der Waals surface area contributed by atoms with Crippen LogP contribution in [0.1, 0.15) is 29.6 Å². The van der Waals surface area contributed by atoms with Crippen LogP contribution in [0.15, 0.2) is 23.1 Å². The summed E-state index contributed by atoms with van der Waals surface area (Å²) in [6.45, 7) is 2.03. The molecule has 0 saturated carbocycles. The van der Waals surface area contributed by atoms with E-state index in [0.717, 1.165) is 44.7 Å². The Bertz CT molecular complexity index is 972. The van der Waals surface area contributed by atoms with Crippen LogP contribution in [0.5, 0.6) is 0 Å². The van der Waals surface area contributed by atoms with Gasteiger partial charge in [-0.15, -0.1) is 0 Å². The van der Waals surface area contributed by atoms with E-state index < -0.39 is 29.5 Å². The van der Waals surface area contributed by atoms with Gasteiger partial charge in [-0.2, -0.15) is 0 Å². The Balaban J connectivity index is 1.75. The molecule has 0 bridgehead atoms. The third-order valence-electron chi connectivity index (χ3n) is 6.05. The van der Waals surface area contributed by atoms with Gasteiger partial charge in [0.2, 0.25) is 5.43 Å². The predicted octanol–water partition coefficient (Wildman–Crippen LogP) is 2.82. The first-order valence-electron chi connectivity index (χ1n) is 9.43. The summed E-state index contributed by atoms with van der Waals surface area (Å²) < 4.78 is 34.8. The largest absolute Gasteiger partial charge is 0.477 e. The molecule has 8 heteroatoms. The van der Waals surface area contributed by atoms with Crippen molar-refractivity contribution in [1.29, 1.82) is 0 Å². The number of benzene rings is 1. The highest BCUT2D eigenvalue weighted by Crippen LogP contribution is 2.40. The lowest BCUT2D eigenvalue weighted by molar-refractivity contribution is 0.0694. The molecule has 1 aromatic heterocycles. The second-order valence-corrected chi connectivity index (χ2v) is 7.67. The molecule has 0 aliphatic carbocycles. The number of aryl methyl sites for hydroxylation is 1. The minimum atomic E-state index is -1.41. The highest BCUT2D eigenvalue weighted by molar-refractivity contribution is 5.93. The molecule has 2 aliphatic rings. The maximum atomic E-state index is 14.9. The number of ether oxygens (including phenoxy) is 1. The summed E-state index contributed by atoms with van der Waals surface area (Å²) in [6.07, 6.45) is 3.96. The van der Waals surface area contributed by atoms with Crippen LogP contribution in [0.25, 0.3) is 10.9 Å². The number of rotatable bonds is 4. The quantitative estimate of drug-likeness (QED) is 0.866. The van der Waals surface area contributed by atoms with E-state index in [1.807, 2.05) is 4.90 Å². The summed E-state index contributed by atoms with van der Waals surface area (Å²) >= 11 is 0. The zero-order valence-corrected chi connectivity index (χ0v) is 15.4. The molecule has 1 spiro atoms. The molecule has 150 valence electrons. The number of carbonyl (C=O) groups is 1. The molecule has 2 aromatic rings. The lowest BCUT2D eigenvalue weighted by Gasteiger charge is -2.39. The Morgan fingerprint density at radius 1 is 1.25 bits per heavy atom. The normalized spacial score (nSPS) is 18.9. The molecule has 3 heterocycles. The molecule has 0 atom stereocenters. The maximum absolute atomic E-state index is 14.9. The van der Waals surface area contributed by atoms with Crippen LogP contribution in [-0.4, -0.2) is 48.6 Å². The molecule has 4 rings (SSSR count). The first-order chi connectivity index (χ1) is 13.4. The number of hydrogen-bond acceptors (Lipinski definition) is 4. The number of nitrogens with zero attached hydrogens (tertiary/aromatic N) is 2. The summed E-state index contributed by atoms with van der Waals surface area (Å²) in [7, 11) is 0. The highest BCUT2D eigenvalue weighted by Gasteiger charge is 2.38. The molecule has 28 heavy (non-hydrogen) atoms. The van der Waals surface area contributed by atoms with Crippen molar-refractivity contribution >= 4 is 22.6 Å². The van der Waals surface area contributed by atoms with Crippen molar-refractivity contribution in [2.75, 3.05) is 37.9 Å². The lowest BCUT2D eigenvalue weighted by atomic mass is 9.78. The van der Waals surface area contributed by atoms with E-state index in [0.29, 0.717) is 24.3 Å². The zero-order chi connectivity index (χ0) is 19.9. The smallest absolute Gasteiger partial charge is 0.341 e. The molecule has 1 aromatic carbocycles. The van der Waals surface area contributed by atoms with E-state index in [9.17, 15) is 23.5 Å². The van der Waals surface area contributed by atoms with Crippen LogP contribution in [0.4, 0.5) is 14.5 Å².